The predicted octanol–water partition coefficient (Wildman–Crippen LogP) is 1.80. The van der Waals surface area contributed by atoms with Gasteiger partial charge in [0.25, 0.3) is 0 Å². The van der Waals surface area contributed by atoms with Gasteiger partial charge in [0.05, 0.1) is 12.2 Å². The van der Waals surface area contributed by atoms with Crippen LogP contribution in [0.4, 0.5) is 8.78 Å². The van der Waals surface area contributed by atoms with Gasteiger partial charge in [0.15, 0.2) is 0 Å². The molecule has 2 rings (SSSR count). The van der Waals surface area contributed by atoms with Crippen LogP contribution >= 0.6 is 0 Å². The molecular weight excluding hydrogens is 212 g/mol. The molecule has 16 heavy (non-hydrogen) atoms. The summed E-state index contributed by atoms with van der Waals surface area (Å²) in [6.07, 6.45) is 2.92. The molecule has 0 amide bonds. The van der Waals surface area contributed by atoms with E-state index >= 15 is 0 Å². The highest BCUT2D eigenvalue weighted by Crippen LogP contribution is 2.21. The Balaban J connectivity index is 2.38. The lowest BCUT2D eigenvalue weighted by Crippen LogP contribution is -2.14. The molecule has 3 nitrogen and oxygen atoms in total. The van der Waals surface area contributed by atoms with Crippen molar-refractivity contribution in [2.75, 3.05) is 0 Å². The summed E-state index contributed by atoms with van der Waals surface area (Å²) in [5.41, 5.74) is 6.69. The molecule has 2 N–H and O–H groups in total. The fourth-order valence-corrected chi connectivity index (χ4v) is 1.42. The highest BCUT2D eigenvalue weighted by Gasteiger charge is 2.14. The molecule has 82 valence electrons. The van der Waals surface area contributed by atoms with Crippen LogP contribution in [0.2, 0.25) is 0 Å². The maximum absolute atomic E-state index is 13.4. The summed E-state index contributed by atoms with van der Waals surface area (Å²) in [6.45, 7) is 0. The Hall–Kier alpha value is -1.88. The average molecular weight is 221 g/mol. The molecule has 0 bridgehead atoms. The molecule has 0 fully saturated rings. The number of rotatable bonds is 2. The topological polar surface area (TPSA) is 51.8 Å². The highest BCUT2D eigenvalue weighted by atomic mass is 19.1. The summed E-state index contributed by atoms with van der Waals surface area (Å²) < 4.78 is 26.1. The molecule has 1 atom stereocenters. The minimum absolute atomic E-state index is 0.231. The van der Waals surface area contributed by atoms with E-state index in [1.807, 2.05) is 0 Å². The summed E-state index contributed by atoms with van der Waals surface area (Å²) in [4.78, 5) is 0. The maximum atomic E-state index is 13.4. The Kier molecular flexibility index (Phi) is 2.87. The number of nitrogens with zero attached hydrogens (tertiary/aromatic N) is 2. The lowest BCUT2D eigenvalue weighted by Gasteiger charge is -2.12. The summed E-state index contributed by atoms with van der Waals surface area (Å²) >= 11 is 0. The third-order valence-corrected chi connectivity index (χ3v) is 2.26. The van der Waals surface area contributed by atoms with Crippen molar-refractivity contribution < 1.29 is 8.78 Å². The lowest BCUT2D eigenvalue weighted by molar-refractivity contribution is 0.565. The van der Waals surface area contributed by atoms with Gasteiger partial charge in [-0.1, -0.05) is 6.07 Å². The molecule has 1 aromatic heterocycles. The number of aromatic nitrogens is 2. The van der Waals surface area contributed by atoms with E-state index in [2.05, 4.69) is 10.2 Å². The zero-order valence-electron chi connectivity index (χ0n) is 8.27. The highest BCUT2D eigenvalue weighted by molar-refractivity contribution is 5.30. The molecule has 0 radical (unpaired) electrons. The van der Waals surface area contributed by atoms with Crippen LogP contribution in [0.5, 0.6) is 0 Å². The number of benzene rings is 1. The maximum Gasteiger partial charge on any atom is 0.131 e. The molecule has 2 aromatic rings. The van der Waals surface area contributed by atoms with Crippen LogP contribution in [-0.2, 0) is 0 Å². The van der Waals surface area contributed by atoms with Crippen LogP contribution < -0.4 is 5.73 Å². The van der Waals surface area contributed by atoms with E-state index in [1.165, 1.54) is 24.5 Å². The van der Waals surface area contributed by atoms with Gasteiger partial charge in [-0.05, 0) is 17.7 Å². The molecule has 0 saturated carbocycles. The van der Waals surface area contributed by atoms with Crippen LogP contribution in [0.3, 0.4) is 0 Å². The molecule has 5 heteroatoms. The molecular formula is C11H9F2N3. The van der Waals surface area contributed by atoms with Crippen molar-refractivity contribution in [2.45, 2.75) is 6.04 Å². The SMILES string of the molecule is NC(c1ccnnc1)c1ccc(F)cc1F. The fraction of sp³-hybridized carbons (Fsp3) is 0.0909. The molecule has 1 heterocycles. The third kappa shape index (κ3) is 2.04. The Morgan fingerprint density at radius 2 is 1.94 bits per heavy atom. The average Bonchev–Trinajstić information content (AvgIpc) is 2.29. The molecule has 0 spiro atoms. The van der Waals surface area contributed by atoms with Crippen molar-refractivity contribution in [3.05, 3.63) is 59.4 Å². The Morgan fingerprint density at radius 1 is 1.12 bits per heavy atom. The van der Waals surface area contributed by atoms with Crippen LogP contribution in [0.1, 0.15) is 17.2 Å². The first-order valence-corrected chi connectivity index (χ1v) is 4.65. The Bertz CT molecular complexity index is 488. The Labute approximate surface area is 90.9 Å². The largest absolute Gasteiger partial charge is 0.320 e. The molecule has 0 saturated heterocycles. The standard InChI is InChI=1S/C11H9F2N3/c12-8-1-2-9(10(13)5-8)11(14)7-3-4-15-16-6-7/h1-6,11H,14H2. The molecule has 1 aromatic carbocycles. The monoisotopic (exact) mass is 221 g/mol. The van der Waals surface area contributed by atoms with Crippen molar-refractivity contribution in [1.82, 2.24) is 10.2 Å². The summed E-state index contributed by atoms with van der Waals surface area (Å²) in [7, 11) is 0. The number of nitrogens with two attached hydrogens (primary N) is 1. The van der Waals surface area contributed by atoms with Crippen LogP contribution in [0.15, 0.2) is 36.7 Å². The quantitative estimate of drug-likeness (QED) is 0.841. The molecule has 1 unspecified atom stereocenters. The van der Waals surface area contributed by atoms with Gasteiger partial charge in [0.1, 0.15) is 11.6 Å². The minimum atomic E-state index is -0.670. The van der Waals surface area contributed by atoms with Crippen molar-refractivity contribution in [3.63, 3.8) is 0 Å². The van der Waals surface area contributed by atoms with Gasteiger partial charge in [0, 0.05) is 17.8 Å². The first-order valence-electron chi connectivity index (χ1n) is 4.65. The Morgan fingerprint density at radius 3 is 2.56 bits per heavy atom. The van der Waals surface area contributed by atoms with Gasteiger partial charge in [0.2, 0.25) is 0 Å². The van der Waals surface area contributed by atoms with Gasteiger partial charge in [-0.25, -0.2) is 8.78 Å². The van der Waals surface area contributed by atoms with Crippen LogP contribution in [-0.4, -0.2) is 10.2 Å². The first kappa shape index (κ1) is 10.6. The predicted molar refractivity (Wildman–Crippen MR) is 54.4 cm³/mol. The van der Waals surface area contributed by atoms with Gasteiger partial charge >= 0.3 is 0 Å². The van der Waals surface area contributed by atoms with E-state index in [4.69, 9.17) is 5.73 Å². The van der Waals surface area contributed by atoms with E-state index < -0.39 is 17.7 Å². The van der Waals surface area contributed by atoms with Crippen LogP contribution in [0.25, 0.3) is 0 Å². The first-order chi connectivity index (χ1) is 7.68. The van der Waals surface area contributed by atoms with Crippen LogP contribution in [0, 0.1) is 11.6 Å². The number of hydrogen-bond donors (Lipinski definition) is 1. The van der Waals surface area contributed by atoms with Crippen molar-refractivity contribution in [2.24, 2.45) is 5.73 Å². The van der Waals surface area contributed by atoms with E-state index in [0.29, 0.717) is 5.56 Å². The third-order valence-electron chi connectivity index (χ3n) is 2.26. The number of hydrogen-bond acceptors (Lipinski definition) is 3. The van der Waals surface area contributed by atoms with Gasteiger partial charge in [-0.2, -0.15) is 10.2 Å². The van der Waals surface area contributed by atoms with Gasteiger partial charge in [-0.15, -0.1) is 0 Å². The second-order valence-electron chi connectivity index (χ2n) is 3.32. The van der Waals surface area contributed by atoms with E-state index in [9.17, 15) is 8.78 Å². The summed E-state index contributed by atoms with van der Waals surface area (Å²) in [5.74, 6) is -1.29. The van der Waals surface area contributed by atoms with Crippen molar-refractivity contribution in [1.29, 1.82) is 0 Å². The molecule has 0 aliphatic heterocycles. The normalized spacial score (nSPS) is 12.4. The second-order valence-corrected chi connectivity index (χ2v) is 3.32. The number of halogens is 2. The van der Waals surface area contributed by atoms with Crippen molar-refractivity contribution >= 4 is 0 Å². The van der Waals surface area contributed by atoms with Gasteiger partial charge in [-0.3, -0.25) is 0 Å². The smallest absolute Gasteiger partial charge is 0.131 e. The van der Waals surface area contributed by atoms with E-state index in [-0.39, 0.29) is 5.56 Å². The fourth-order valence-electron chi connectivity index (χ4n) is 1.42. The molecule has 0 aliphatic rings. The zero-order chi connectivity index (χ0) is 11.5. The van der Waals surface area contributed by atoms with Gasteiger partial charge < -0.3 is 5.73 Å². The minimum Gasteiger partial charge on any atom is -0.320 e. The van der Waals surface area contributed by atoms with E-state index in [1.54, 1.807) is 6.07 Å². The molecule has 0 aliphatic carbocycles. The van der Waals surface area contributed by atoms with Crippen molar-refractivity contribution in [3.8, 4) is 0 Å². The summed E-state index contributed by atoms with van der Waals surface area (Å²) in [5, 5.41) is 7.25. The lowest BCUT2D eigenvalue weighted by atomic mass is 10.0. The van der Waals surface area contributed by atoms with E-state index in [0.717, 1.165) is 6.07 Å². The second kappa shape index (κ2) is 4.32. The summed E-state index contributed by atoms with van der Waals surface area (Å²) in [6, 6.07) is 4.28. The zero-order valence-corrected chi connectivity index (χ0v) is 8.27.